The Labute approximate surface area is 141 Å². The number of rotatable bonds is 6. The van der Waals surface area contributed by atoms with Gasteiger partial charge in [-0.05, 0) is 44.4 Å². The summed E-state index contributed by atoms with van der Waals surface area (Å²) in [6, 6.07) is 7.66. The van der Waals surface area contributed by atoms with Gasteiger partial charge in [-0.15, -0.1) is 0 Å². The lowest BCUT2D eigenvalue weighted by atomic mass is 9.98. The van der Waals surface area contributed by atoms with Crippen LogP contribution in [0.2, 0.25) is 10.0 Å². The van der Waals surface area contributed by atoms with Crippen molar-refractivity contribution in [2.75, 3.05) is 13.6 Å². The molecule has 1 aromatic carbocycles. The zero-order chi connectivity index (χ0) is 16.3. The quantitative estimate of drug-likeness (QED) is 0.865. The summed E-state index contributed by atoms with van der Waals surface area (Å²) in [6.45, 7) is 2.50. The van der Waals surface area contributed by atoms with Gasteiger partial charge in [0.2, 0.25) is 5.91 Å². The van der Waals surface area contributed by atoms with Gasteiger partial charge in [0, 0.05) is 6.54 Å². The second-order valence-corrected chi connectivity index (χ2v) is 6.81. The number of amides is 1. The number of halogens is 2. The molecule has 1 fully saturated rings. The highest BCUT2D eigenvalue weighted by molar-refractivity contribution is 6.42. The first kappa shape index (κ1) is 17.1. The van der Waals surface area contributed by atoms with E-state index in [1.54, 1.807) is 13.0 Å². The van der Waals surface area contributed by atoms with Crippen molar-refractivity contribution in [2.45, 2.75) is 31.8 Å². The molecular weight excluding hydrogens is 321 g/mol. The van der Waals surface area contributed by atoms with E-state index in [2.05, 4.69) is 11.4 Å². The molecule has 0 aliphatic heterocycles. The zero-order valence-electron chi connectivity index (χ0n) is 12.7. The van der Waals surface area contributed by atoms with Crippen LogP contribution in [0.25, 0.3) is 0 Å². The summed E-state index contributed by atoms with van der Waals surface area (Å²) >= 11 is 12.1. The Kier molecular flexibility index (Phi) is 5.33. The predicted octanol–water partition coefficient (Wildman–Crippen LogP) is 3.23. The highest BCUT2D eigenvalue weighted by atomic mass is 35.5. The Bertz CT molecular complexity index is 610. The normalized spacial score (nSPS) is 16.9. The Morgan fingerprint density at radius 1 is 1.50 bits per heavy atom. The van der Waals surface area contributed by atoms with Crippen molar-refractivity contribution in [2.24, 2.45) is 5.92 Å². The van der Waals surface area contributed by atoms with Crippen LogP contribution in [-0.2, 0) is 11.3 Å². The van der Waals surface area contributed by atoms with E-state index < -0.39 is 5.54 Å². The number of likely N-dealkylation sites (N-methyl/N-ethyl adjacent to an activating group) is 1. The van der Waals surface area contributed by atoms with E-state index in [9.17, 15) is 10.1 Å². The second-order valence-electron chi connectivity index (χ2n) is 6.02. The predicted molar refractivity (Wildman–Crippen MR) is 87.7 cm³/mol. The maximum Gasteiger partial charge on any atom is 0.235 e. The van der Waals surface area contributed by atoms with Crippen molar-refractivity contribution in [3.8, 4) is 6.07 Å². The Balaban J connectivity index is 1.91. The first-order valence-electron chi connectivity index (χ1n) is 7.19. The molecule has 1 aromatic rings. The summed E-state index contributed by atoms with van der Waals surface area (Å²) < 4.78 is 0. The van der Waals surface area contributed by atoms with Gasteiger partial charge >= 0.3 is 0 Å². The summed E-state index contributed by atoms with van der Waals surface area (Å²) in [4.78, 5) is 14.0. The fourth-order valence-corrected chi connectivity index (χ4v) is 2.85. The summed E-state index contributed by atoms with van der Waals surface area (Å²) in [5, 5.41) is 13.1. The van der Waals surface area contributed by atoms with Crippen LogP contribution in [-0.4, -0.2) is 29.9 Å². The van der Waals surface area contributed by atoms with Crippen molar-refractivity contribution in [1.29, 1.82) is 5.26 Å². The molecule has 0 aromatic heterocycles. The lowest BCUT2D eigenvalue weighted by Gasteiger charge is -2.25. The van der Waals surface area contributed by atoms with E-state index in [1.807, 2.05) is 24.1 Å². The first-order chi connectivity index (χ1) is 10.4. The van der Waals surface area contributed by atoms with Crippen LogP contribution in [0.15, 0.2) is 18.2 Å². The Morgan fingerprint density at radius 3 is 2.77 bits per heavy atom. The maximum atomic E-state index is 12.1. The second kappa shape index (κ2) is 6.87. The highest BCUT2D eigenvalue weighted by Gasteiger charge is 2.43. The minimum atomic E-state index is -0.758. The van der Waals surface area contributed by atoms with E-state index in [0.29, 0.717) is 16.6 Å². The first-order valence-corrected chi connectivity index (χ1v) is 7.95. The molecular formula is C16H19Cl2N3O. The molecule has 1 aliphatic rings. The van der Waals surface area contributed by atoms with Gasteiger partial charge in [0.05, 0.1) is 22.7 Å². The van der Waals surface area contributed by atoms with E-state index in [-0.39, 0.29) is 18.4 Å². The smallest absolute Gasteiger partial charge is 0.235 e. The third-order valence-corrected chi connectivity index (χ3v) is 4.77. The van der Waals surface area contributed by atoms with Gasteiger partial charge in [-0.1, -0.05) is 35.3 Å². The van der Waals surface area contributed by atoms with Crippen LogP contribution >= 0.6 is 23.2 Å². The molecule has 1 N–H and O–H groups in total. The number of carbonyl (C=O) groups excluding carboxylic acids is 1. The largest absolute Gasteiger partial charge is 0.337 e. The number of nitrogens with zero attached hydrogens (tertiary/aromatic N) is 2. The average molecular weight is 340 g/mol. The number of benzene rings is 1. The van der Waals surface area contributed by atoms with Crippen LogP contribution in [0.1, 0.15) is 25.3 Å². The monoisotopic (exact) mass is 339 g/mol. The highest BCUT2D eigenvalue weighted by Crippen LogP contribution is 2.39. The van der Waals surface area contributed by atoms with Gasteiger partial charge in [-0.3, -0.25) is 9.69 Å². The van der Waals surface area contributed by atoms with Crippen molar-refractivity contribution in [1.82, 2.24) is 10.2 Å². The summed E-state index contributed by atoms with van der Waals surface area (Å²) in [5.41, 5.74) is 0.112. The topological polar surface area (TPSA) is 56.1 Å². The van der Waals surface area contributed by atoms with Crippen molar-refractivity contribution in [3.63, 3.8) is 0 Å². The molecule has 0 radical (unpaired) electrons. The van der Waals surface area contributed by atoms with Crippen molar-refractivity contribution in [3.05, 3.63) is 33.8 Å². The molecule has 2 rings (SSSR count). The summed E-state index contributed by atoms with van der Waals surface area (Å²) in [7, 11) is 1.83. The van der Waals surface area contributed by atoms with Crippen LogP contribution in [0, 0.1) is 17.2 Å². The van der Waals surface area contributed by atoms with Gasteiger partial charge < -0.3 is 5.32 Å². The van der Waals surface area contributed by atoms with Crippen molar-refractivity contribution >= 4 is 29.1 Å². The maximum absolute atomic E-state index is 12.1. The molecule has 0 spiro atoms. The average Bonchev–Trinajstić information content (AvgIpc) is 3.28. The van der Waals surface area contributed by atoms with E-state index in [1.165, 1.54) is 0 Å². The fourth-order valence-electron chi connectivity index (χ4n) is 2.47. The van der Waals surface area contributed by atoms with Crippen LogP contribution in [0.4, 0.5) is 0 Å². The molecule has 118 valence electrons. The van der Waals surface area contributed by atoms with Gasteiger partial charge in [-0.2, -0.15) is 5.26 Å². The molecule has 1 saturated carbocycles. The molecule has 0 heterocycles. The minimum Gasteiger partial charge on any atom is -0.337 e. The Morgan fingerprint density at radius 2 is 2.18 bits per heavy atom. The molecule has 1 amide bonds. The fraction of sp³-hybridized carbons (Fsp3) is 0.500. The summed E-state index contributed by atoms with van der Waals surface area (Å²) in [6.07, 6.45) is 2.00. The number of carbonyl (C=O) groups is 1. The van der Waals surface area contributed by atoms with Crippen LogP contribution < -0.4 is 5.32 Å². The van der Waals surface area contributed by atoms with E-state index in [4.69, 9.17) is 23.2 Å². The van der Waals surface area contributed by atoms with Crippen LogP contribution in [0.5, 0.6) is 0 Å². The summed E-state index contributed by atoms with van der Waals surface area (Å²) in [5.74, 6) is 0.116. The molecule has 0 unspecified atom stereocenters. The molecule has 1 aliphatic carbocycles. The van der Waals surface area contributed by atoms with E-state index in [0.717, 1.165) is 18.4 Å². The molecule has 22 heavy (non-hydrogen) atoms. The molecule has 0 bridgehead atoms. The Hall–Kier alpha value is -1.28. The SMILES string of the molecule is CN(CC(=O)N[C@](C)(C#N)C1CC1)Cc1cccc(Cl)c1Cl. The van der Waals surface area contributed by atoms with Gasteiger partial charge in [0.25, 0.3) is 0 Å². The number of nitrogens with one attached hydrogen (secondary N) is 1. The lowest BCUT2D eigenvalue weighted by molar-refractivity contribution is -0.123. The third kappa shape index (κ3) is 4.13. The molecule has 0 saturated heterocycles. The minimum absolute atomic E-state index is 0.156. The van der Waals surface area contributed by atoms with Gasteiger partial charge in [0.15, 0.2) is 0 Å². The standard InChI is InChI=1S/C16H19Cl2N3O/c1-16(10-19,12-6-7-12)20-14(22)9-21(2)8-11-4-3-5-13(17)15(11)18/h3-5,12H,6-9H2,1-2H3,(H,20,22)/t16-/m1/s1. The molecule has 6 heteroatoms. The van der Waals surface area contributed by atoms with Crippen molar-refractivity contribution < 1.29 is 4.79 Å². The number of hydrogen-bond donors (Lipinski definition) is 1. The zero-order valence-corrected chi connectivity index (χ0v) is 14.2. The molecule has 4 nitrogen and oxygen atoms in total. The van der Waals surface area contributed by atoms with E-state index >= 15 is 0 Å². The number of nitriles is 1. The third-order valence-electron chi connectivity index (χ3n) is 3.91. The van der Waals surface area contributed by atoms with Crippen LogP contribution in [0.3, 0.4) is 0 Å². The van der Waals surface area contributed by atoms with Gasteiger partial charge in [-0.25, -0.2) is 0 Å². The number of hydrogen-bond acceptors (Lipinski definition) is 3. The van der Waals surface area contributed by atoms with Gasteiger partial charge in [0.1, 0.15) is 5.54 Å². The lowest BCUT2D eigenvalue weighted by Crippen LogP contribution is -2.49. The molecule has 1 atom stereocenters.